The minimum Gasteiger partial charge on any atom is -0.507 e. The predicted molar refractivity (Wildman–Crippen MR) is 114 cm³/mol. The Labute approximate surface area is 174 Å². The van der Waals surface area contributed by atoms with Gasteiger partial charge in [0.15, 0.2) is 0 Å². The van der Waals surface area contributed by atoms with Gasteiger partial charge in [0.1, 0.15) is 17.2 Å². The van der Waals surface area contributed by atoms with Crippen molar-refractivity contribution < 1.29 is 19.4 Å². The van der Waals surface area contributed by atoms with E-state index in [1.165, 1.54) is 12.3 Å². The smallest absolute Gasteiger partial charge is 0.343 e. The monoisotopic (exact) mass is 409 g/mol. The number of hydrogen-bond donors (Lipinski definition) is 1. The zero-order valence-corrected chi connectivity index (χ0v) is 16.6. The molecule has 0 aliphatic heterocycles. The minimum atomic E-state index is -0.524. The number of aliphatic imine (C=N–C) groups is 1. The van der Waals surface area contributed by atoms with Gasteiger partial charge >= 0.3 is 5.97 Å². The van der Waals surface area contributed by atoms with Crippen molar-refractivity contribution in [1.82, 2.24) is 0 Å². The van der Waals surface area contributed by atoms with Crippen molar-refractivity contribution in [3.05, 3.63) is 82.9 Å². The molecule has 3 aromatic rings. The maximum Gasteiger partial charge on any atom is 0.343 e. The third-order valence-corrected chi connectivity index (χ3v) is 4.29. The largest absolute Gasteiger partial charge is 0.507 e. The molecular formula is C23H20ClNO4. The lowest BCUT2D eigenvalue weighted by Crippen LogP contribution is -2.08. The number of carbonyl (C=O) groups is 1. The molecule has 0 aliphatic rings. The molecule has 3 rings (SSSR count). The summed E-state index contributed by atoms with van der Waals surface area (Å²) in [6.45, 7) is 2.64. The standard InChI is InChI=1S/C23H20ClNO4/c1-2-13-28-18-10-7-16(8-11-18)23(27)29-19-12-9-17(22(26)14-19)15-25-21-6-4-3-5-20(21)24/h3-12,14-15,26H,2,13H2,1H3. The van der Waals surface area contributed by atoms with Gasteiger partial charge < -0.3 is 14.6 Å². The molecule has 0 fully saturated rings. The van der Waals surface area contributed by atoms with Gasteiger partial charge in [0, 0.05) is 17.8 Å². The Balaban J connectivity index is 1.67. The zero-order valence-electron chi connectivity index (χ0n) is 15.8. The van der Waals surface area contributed by atoms with Gasteiger partial charge in [-0.2, -0.15) is 0 Å². The average Bonchev–Trinajstić information content (AvgIpc) is 2.73. The zero-order chi connectivity index (χ0) is 20.6. The Morgan fingerprint density at radius 1 is 1.07 bits per heavy atom. The van der Waals surface area contributed by atoms with Crippen LogP contribution < -0.4 is 9.47 Å². The van der Waals surface area contributed by atoms with Crippen LogP contribution in [0.2, 0.25) is 5.02 Å². The van der Waals surface area contributed by atoms with Crippen molar-refractivity contribution in [3.63, 3.8) is 0 Å². The van der Waals surface area contributed by atoms with Crippen molar-refractivity contribution in [2.24, 2.45) is 4.99 Å². The maximum absolute atomic E-state index is 12.3. The number of carbonyl (C=O) groups excluding carboxylic acids is 1. The van der Waals surface area contributed by atoms with Crippen LogP contribution in [0.3, 0.4) is 0 Å². The molecule has 0 unspecified atom stereocenters. The summed E-state index contributed by atoms with van der Waals surface area (Å²) < 4.78 is 10.8. The Hall–Kier alpha value is -3.31. The first-order valence-electron chi connectivity index (χ1n) is 9.13. The van der Waals surface area contributed by atoms with Crippen LogP contribution in [0, 0.1) is 0 Å². The molecule has 0 saturated heterocycles. The first kappa shape index (κ1) is 20.4. The average molecular weight is 410 g/mol. The fourth-order valence-corrected chi connectivity index (χ4v) is 2.65. The van der Waals surface area contributed by atoms with Gasteiger partial charge in [-0.1, -0.05) is 30.7 Å². The normalized spacial score (nSPS) is 10.8. The third-order valence-electron chi connectivity index (χ3n) is 3.97. The summed E-state index contributed by atoms with van der Waals surface area (Å²) >= 11 is 6.06. The Morgan fingerprint density at radius 2 is 1.79 bits per heavy atom. The number of ether oxygens (including phenoxy) is 2. The van der Waals surface area contributed by atoms with E-state index in [0.717, 1.165) is 6.42 Å². The second-order valence-electron chi connectivity index (χ2n) is 6.19. The van der Waals surface area contributed by atoms with Gasteiger partial charge in [0.05, 0.1) is 22.9 Å². The van der Waals surface area contributed by atoms with Crippen LogP contribution in [0.4, 0.5) is 5.69 Å². The number of esters is 1. The number of nitrogens with zero attached hydrogens (tertiary/aromatic N) is 1. The van der Waals surface area contributed by atoms with Crippen molar-refractivity contribution in [3.8, 4) is 17.2 Å². The number of phenolic OH excluding ortho intramolecular Hbond substituents is 1. The minimum absolute atomic E-state index is 0.0607. The molecule has 6 heteroatoms. The van der Waals surface area contributed by atoms with E-state index in [4.69, 9.17) is 21.1 Å². The van der Waals surface area contributed by atoms with Gasteiger partial charge in [-0.25, -0.2) is 4.79 Å². The van der Waals surface area contributed by atoms with E-state index in [1.54, 1.807) is 48.5 Å². The molecular weight excluding hydrogens is 390 g/mol. The molecule has 1 N–H and O–H groups in total. The van der Waals surface area contributed by atoms with Crippen LogP contribution in [0.25, 0.3) is 0 Å². The van der Waals surface area contributed by atoms with Gasteiger partial charge in [0.25, 0.3) is 0 Å². The van der Waals surface area contributed by atoms with Crippen LogP contribution >= 0.6 is 11.6 Å². The maximum atomic E-state index is 12.3. The first-order chi connectivity index (χ1) is 14.1. The molecule has 148 valence electrons. The summed E-state index contributed by atoms with van der Waals surface area (Å²) in [6.07, 6.45) is 2.41. The molecule has 0 heterocycles. The summed E-state index contributed by atoms with van der Waals surface area (Å²) in [5, 5.41) is 10.7. The quantitative estimate of drug-likeness (QED) is 0.304. The molecule has 0 atom stereocenters. The summed E-state index contributed by atoms with van der Waals surface area (Å²) in [5.41, 5.74) is 1.45. The summed E-state index contributed by atoms with van der Waals surface area (Å²) in [5.74, 6) is 0.343. The van der Waals surface area contributed by atoms with E-state index in [1.807, 2.05) is 19.1 Å². The molecule has 0 saturated carbocycles. The highest BCUT2D eigenvalue weighted by molar-refractivity contribution is 6.33. The van der Waals surface area contributed by atoms with Crippen LogP contribution in [0.1, 0.15) is 29.3 Å². The van der Waals surface area contributed by atoms with Crippen LogP contribution in [0.5, 0.6) is 17.2 Å². The lowest BCUT2D eigenvalue weighted by atomic mass is 10.2. The lowest BCUT2D eigenvalue weighted by molar-refractivity contribution is 0.0734. The summed E-state index contributed by atoms with van der Waals surface area (Å²) in [6, 6.07) is 18.4. The summed E-state index contributed by atoms with van der Waals surface area (Å²) in [4.78, 5) is 16.6. The van der Waals surface area contributed by atoms with Gasteiger partial charge in [-0.3, -0.25) is 4.99 Å². The molecule has 0 aromatic heterocycles. The van der Waals surface area contributed by atoms with Crippen LogP contribution in [0.15, 0.2) is 71.7 Å². The fraction of sp³-hybridized carbons (Fsp3) is 0.130. The van der Waals surface area contributed by atoms with E-state index >= 15 is 0 Å². The number of benzene rings is 3. The fourth-order valence-electron chi connectivity index (χ4n) is 2.46. The van der Waals surface area contributed by atoms with Crippen LogP contribution in [-0.2, 0) is 0 Å². The van der Waals surface area contributed by atoms with Gasteiger partial charge in [-0.15, -0.1) is 0 Å². The lowest BCUT2D eigenvalue weighted by Gasteiger charge is -2.08. The molecule has 0 amide bonds. The molecule has 29 heavy (non-hydrogen) atoms. The highest BCUT2D eigenvalue weighted by atomic mass is 35.5. The van der Waals surface area contributed by atoms with Crippen molar-refractivity contribution in [2.45, 2.75) is 13.3 Å². The van der Waals surface area contributed by atoms with Crippen LogP contribution in [-0.4, -0.2) is 23.9 Å². The number of phenols is 1. The molecule has 0 bridgehead atoms. The molecule has 0 spiro atoms. The third kappa shape index (κ3) is 5.59. The van der Waals surface area contributed by atoms with Gasteiger partial charge in [-0.05, 0) is 55.0 Å². The van der Waals surface area contributed by atoms with E-state index < -0.39 is 5.97 Å². The Bertz CT molecular complexity index is 1020. The van der Waals surface area contributed by atoms with Crippen molar-refractivity contribution in [2.75, 3.05) is 6.61 Å². The number of halogens is 1. The summed E-state index contributed by atoms with van der Waals surface area (Å²) in [7, 11) is 0. The highest BCUT2D eigenvalue weighted by Gasteiger charge is 2.10. The SMILES string of the molecule is CCCOc1ccc(C(=O)Oc2ccc(C=Nc3ccccc3Cl)c(O)c2)cc1. The predicted octanol–water partition coefficient (Wildman–Crippen LogP) is 5.80. The number of hydrogen-bond acceptors (Lipinski definition) is 5. The molecule has 3 aromatic carbocycles. The highest BCUT2D eigenvalue weighted by Crippen LogP contribution is 2.26. The molecule has 5 nitrogen and oxygen atoms in total. The first-order valence-corrected chi connectivity index (χ1v) is 9.51. The second-order valence-corrected chi connectivity index (χ2v) is 6.60. The second kappa shape index (κ2) is 9.75. The van der Waals surface area contributed by atoms with E-state index in [-0.39, 0.29) is 11.5 Å². The Morgan fingerprint density at radius 3 is 2.48 bits per heavy atom. The van der Waals surface area contributed by atoms with Crippen molar-refractivity contribution >= 4 is 29.5 Å². The Kier molecular flexibility index (Phi) is 6.87. The van der Waals surface area contributed by atoms with E-state index in [0.29, 0.717) is 34.2 Å². The topological polar surface area (TPSA) is 68.1 Å². The van der Waals surface area contributed by atoms with E-state index in [9.17, 15) is 9.90 Å². The van der Waals surface area contributed by atoms with Crippen molar-refractivity contribution in [1.29, 1.82) is 0 Å². The molecule has 0 aliphatic carbocycles. The number of para-hydroxylation sites is 1. The molecule has 0 radical (unpaired) electrons. The number of aromatic hydroxyl groups is 1. The van der Waals surface area contributed by atoms with Gasteiger partial charge in [0.2, 0.25) is 0 Å². The van der Waals surface area contributed by atoms with E-state index in [2.05, 4.69) is 4.99 Å². The number of rotatable bonds is 7.